The highest BCUT2D eigenvalue weighted by Crippen LogP contribution is 2.19. The van der Waals surface area contributed by atoms with Crippen LogP contribution in [0, 0.1) is 0 Å². The van der Waals surface area contributed by atoms with Gasteiger partial charge in [-0.25, -0.2) is 8.78 Å². The van der Waals surface area contributed by atoms with E-state index in [4.69, 9.17) is 10.8 Å². The first kappa shape index (κ1) is 13.1. The Bertz CT molecular complexity index is 266. The van der Waals surface area contributed by atoms with Gasteiger partial charge >= 0.3 is 0 Å². The topological polar surface area (TPSA) is 46.2 Å². The van der Waals surface area contributed by atoms with Crippen LogP contribution in [0.5, 0.6) is 5.75 Å². The molecule has 0 aliphatic carbocycles. The summed E-state index contributed by atoms with van der Waals surface area (Å²) >= 11 is 0. The van der Waals surface area contributed by atoms with Crippen molar-refractivity contribution in [2.45, 2.75) is 18.9 Å². The quantitative estimate of drug-likeness (QED) is 0.827. The Morgan fingerprint density at radius 2 is 1.71 bits per heavy atom. The first-order valence-corrected chi connectivity index (χ1v) is 3.92. The monoisotopic (exact) mass is 223 g/mol. The van der Waals surface area contributed by atoms with E-state index in [-0.39, 0.29) is 24.6 Å². The molecule has 0 heterocycles. The van der Waals surface area contributed by atoms with E-state index in [1.165, 1.54) is 12.1 Å². The minimum absolute atomic E-state index is 0. The van der Waals surface area contributed by atoms with Crippen LogP contribution < -0.4 is 5.73 Å². The van der Waals surface area contributed by atoms with Gasteiger partial charge in [-0.05, 0) is 17.7 Å². The molecule has 14 heavy (non-hydrogen) atoms. The van der Waals surface area contributed by atoms with Gasteiger partial charge in [-0.2, -0.15) is 0 Å². The van der Waals surface area contributed by atoms with Crippen LogP contribution in [-0.4, -0.2) is 11.5 Å². The van der Waals surface area contributed by atoms with E-state index < -0.39 is 12.5 Å². The first-order valence-electron chi connectivity index (χ1n) is 3.92. The summed E-state index contributed by atoms with van der Waals surface area (Å²) in [6.07, 6.45) is -2.76. The van der Waals surface area contributed by atoms with E-state index in [2.05, 4.69) is 0 Å². The molecule has 1 aromatic rings. The molecule has 0 aliphatic heterocycles. The number of hydrogen-bond acceptors (Lipinski definition) is 2. The number of rotatable bonds is 3. The third kappa shape index (κ3) is 3.89. The number of nitrogens with two attached hydrogens (primary N) is 1. The Hall–Kier alpha value is -0.870. The van der Waals surface area contributed by atoms with Crippen molar-refractivity contribution in [1.29, 1.82) is 0 Å². The van der Waals surface area contributed by atoms with Gasteiger partial charge < -0.3 is 10.8 Å². The maximum Gasteiger partial charge on any atom is 0.240 e. The number of phenols is 1. The Morgan fingerprint density at radius 3 is 2.14 bits per heavy atom. The third-order valence-corrected chi connectivity index (χ3v) is 1.75. The predicted octanol–water partition coefficient (Wildman–Crippen LogP) is 2.47. The lowest BCUT2D eigenvalue weighted by Crippen LogP contribution is -2.13. The molecule has 0 aromatic heterocycles. The standard InChI is InChI=1S/C9H11F2NO.ClH/c10-9(11)5-8(12)6-1-3-7(13)4-2-6;/h1-4,8-9,13H,5,12H2;1H/t8-;/m0./s1. The SMILES string of the molecule is Cl.N[C@@H](CC(F)F)c1ccc(O)cc1. The van der Waals surface area contributed by atoms with Crippen molar-refractivity contribution in [2.24, 2.45) is 5.73 Å². The maximum atomic E-state index is 11.9. The Labute approximate surface area is 87.1 Å². The summed E-state index contributed by atoms with van der Waals surface area (Å²) in [6.45, 7) is 0. The first-order chi connectivity index (χ1) is 6.09. The molecule has 0 saturated heterocycles. The Balaban J connectivity index is 0.00000169. The molecule has 1 atom stereocenters. The van der Waals surface area contributed by atoms with Crippen molar-refractivity contribution in [1.82, 2.24) is 0 Å². The molecule has 0 spiro atoms. The lowest BCUT2D eigenvalue weighted by molar-refractivity contribution is 0.128. The van der Waals surface area contributed by atoms with Crippen molar-refractivity contribution in [3.8, 4) is 5.75 Å². The van der Waals surface area contributed by atoms with Gasteiger partial charge in [-0.15, -0.1) is 12.4 Å². The van der Waals surface area contributed by atoms with Crippen LogP contribution in [0.4, 0.5) is 8.78 Å². The summed E-state index contributed by atoms with van der Waals surface area (Å²) in [5, 5.41) is 8.93. The predicted molar refractivity (Wildman–Crippen MR) is 52.9 cm³/mol. The number of hydrogen-bond donors (Lipinski definition) is 2. The molecule has 1 aromatic carbocycles. The fourth-order valence-electron chi connectivity index (χ4n) is 1.05. The summed E-state index contributed by atoms with van der Waals surface area (Å²) < 4.78 is 23.8. The lowest BCUT2D eigenvalue weighted by atomic mass is 10.1. The minimum atomic E-state index is -2.40. The number of phenolic OH excluding ortho intramolecular Hbond substituents is 1. The maximum absolute atomic E-state index is 11.9. The summed E-state index contributed by atoms with van der Waals surface area (Å²) in [4.78, 5) is 0. The van der Waals surface area contributed by atoms with Crippen molar-refractivity contribution in [3.05, 3.63) is 29.8 Å². The molecular weight excluding hydrogens is 212 g/mol. The van der Waals surface area contributed by atoms with E-state index in [9.17, 15) is 8.78 Å². The fraction of sp³-hybridized carbons (Fsp3) is 0.333. The van der Waals surface area contributed by atoms with Gasteiger partial charge in [0.1, 0.15) is 5.75 Å². The van der Waals surface area contributed by atoms with Gasteiger partial charge in [-0.3, -0.25) is 0 Å². The number of aromatic hydroxyl groups is 1. The van der Waals surface area contributed by atoms with Crippen LogP contribution in [-0.2, 0) is 0 Å². The zero-order valence-electron chi connectivity index (χ0n) is 7.36. The molecule has 3 N–H and O–H groups in total. The van der Waals surface area contributed by atoms with Gasteiger partial charge in [0.05, 0.1) is 0 Å². The minimum Gasteiger partial charge on any atom is -0.508 e. The van der Waals surface area contributed by atoms with Crippen LogP contribution in [0.25, 0.3) is 0 Å². The summed E-state index contributed by atoms with van der Waals surface area (Å²) in [5.41, 5.74) is 6.09. The highest BCUT2D eigenvalue weighted by molar-refractivity contribution is 5.85. The van der Waals surface area contributed by atoms with Gasteiger partial charge in [0.15, 0.2) is 0 Å². The summed E-state index contributed by atoms with van der Waals surface area (Å²) in [7, 11) is 0. The third-order valence-electron chi connectivity index (χ3n) is 1.75. The lowest BCUT2D eigenvalue weighted by Gasteiger charge is -2.10. The van der Waals surface area contributed by atoms with Crippen LogP contribution in [0.1, 0.15) is 18.0 Å². The second-order valence-electron chi connectivity index (χ2n) is 2.82. The van der Waals surface area contributed by atoms with Gasteiger partial charge in [0, 0.05) is 12.5 Å². The molecule has 0 aliphatic rings. The van der Waals surface area contributed by atoms with E-state index in [1.54, 1.807) is 12.1 Å². The van der Waals surface area contributed by atoms with Crippen LogP contribution in [0.2, 0.25) is 0 Å². The smallest absolute Gasteiger partial charge is 0.240 e. The van der Waals surface area contributed by atoms with E-state index in [0.29, 0.717) is 5.56 Å². The Kier molecular flexibility index (Phi) is 5.42. The molecule has 5 heteroatoms. The Morgan fingerprint density at radius 1 is 1.21 bits per heavy atom. The summed E-state index contributed by atoms with van der Waals surface area (Å²) in [6, 6.07) is 5.28. The second-order valence-corrected chi connectivity index (χ2v) is 2.82. The van der Waals surface area contributed by atoms with Gasteiger partial charge in [0.2, 0.25) is 6.43 Å². The largest absolute Gasteiger partial charge is 0.508 e. The van der Waals surface area contributed by atoms with E-state index in [0.717, 1.165) is 0 Å². The zero-order valence-corrected chi connectivity index (χ0v) is 8.18. The highest BCUT2D eigenvalue weighted by atomic mass is 35.5. The molecule has 2 nitrogen and oxygen atoms in total. The molecule has 1 rings (SSSR count). The molecule has 0 unspecified atom stereocenters. The molecule has 0 radical (unpaired) electrons. The average molecular weight is 224 g/mol. The van der Waals surface area contributed by atoms with Crippen molar-refractivity contribution in [3.63, 3.8) is 0 Å². The fourth-order valence-corrected chi connectivity index (χ4v) is 1.05. The number of halogens is 3. The van der Waals surface area contributed by atoms with Crippen molar-refractivity contribution < 1.29 is 13.9 Å². The zero-order chi connectivity index (χ0) is 9.84. The van der Waals surface area contributed by atoms with Gasteiger partial charge in [0.25, 0.3) is 0 Å². The van der Waals surface area contributed by atoms with Crippen molar-refractivity contribution in [2.75, 3.05) is 0 Å². The number of alkyl halides is 2. The van der Waals surface area contributed by atoms with Crippen LogP contribution >= 0.6 is 12.4 Å². The summed E-state index contributed by atoms with van der Waals surface area (Å²) in [5.74, 6) is 0.105. The molecule has 0 saturated carbocycles. The molecule has 0 bridgehead atoms. The average Bonchev–Trinajstić information content (AvgIpc) is 2.04. The molecule has 80 valence electrons. The normalized spacial score (nSPS) is 12.3. The van der Waals surface area contributed by atoms with Crippen LogP contribution in [0.3, 0.4) is 0 Å². The van der Waals surface area contributed by atoms with E-state index in [1.807, 2.05) is 0 Å². The van der Waals surface area contributed by atoms with E-state index >= 15 is 0 Å². The molecule has 0 amide bonds. The second kappa shape index (κ2) is 5.78. The number of benzene rings is 1. The van der Waals surface area contributed by atoms with Crippen molar-refractivity contribution >= 4 is 12.4 Å². The highest BCUT2D eigenvalue weighted by Gasteiger charge is 2.12. The van der Waals surface area contributed by atoms with Crippen LogP contribution in [0.15, 0.2) is 24.3 Å². The van der Waals surface area contributed by atoms with Gasteiger partial charge in [-0.1, -0.05) is 12.1 Å². The molecular formula is C9H12ClF2NO. The molecule has 0 fully saturated rings.